The van der Waals surface area contributed by atoms with Gasteiger partial charge in [0.15, 0.2) is 0 Å². The molecule has 2 fully saturated rings. The number of piperidine rings is 1. The molecule has 2 aliphatic rings. The number of nitrogens with one attached hydrogen (secondary N) is 1. The van der Waals surface area contributed by atoms with Gasteiger partial charge in [-0.1, -0.05) is 25.1 Å². The second-order valence-electron chi connectivity index (χ2n) is 7.86. The van der Waals surface area contributed by atoms with Crippen LogP contribution in [-0.2, 0) is 9.59 Å². The van der Waals surface area contributed by atoms with Gasteiger partial charge in [0.05, 0.1) is 6.54 Å². The van der Waals surface area contributed by atoms with Gasteiger partial charge in [-0.2, -0.15) is 0 Å². The first-order valence-corrected chi connectivity index (χ1v) is 9.52. The molecule has 29 heavy (non-hydrogen) atoms. The van der Waals surface area contributed by atoms with Crippen LogP contribution in [0.5, 0.6) is 11.5 Å². The summed E-state index contributed by atoms with van der Waals surface area (Å²) in [6.07, 6.45) is 1.29. The first kappa shape index (κ1) is 19.0. The maximum absolute atomic E-state index is 12.6. The average molecular weight is 394 g/mol. The number of rotatable bonds is 6. The zero-order valence-electron chi connectivity index (χ0n) is 16.0. The molecule has 1 heterocycles. The number of carbonyl (C=O) groups excluding carboxylic acids is 2. The zero-order valence-corrected chi connectivity index (χ0v) is 16.0. The number of carboxylic acids is 1. The van der Waals surface area contributed by atoms with Crippen LogP contribution >= 0.6 is 0 Å². The lowest BCUT2D eigenvalue weighted by atomic mass is 10.0. The van der Waals surface area contributed by atoms with Crippen LogP contribution in [0.25, 0.3) is 0 Å². The fourth-order valence-electron chi connectivity index (χ4n) is 4.00. The van der Waals surface area contributed by atoms with Crippen LogP contribution in [0.4, 0.5) is 0 Å². The van der Waals surface area contributed by atoms with Crippen LogP contribution in [0, 0.1) is 5.41 Å². The third-order valence-electron chi connectivity index (χ3n) is 5.70. The third kappa shape index (κ3) is 3.81. The number of hydrogen-bond acceptors (Lipinski definition) is 4. The highest BCUT2D eigenvalue weighted by Gasteiger charge is 2.64. The first-order chi connectivity index (χ1) is 13.9. The molecule has 0 bridgehead atoms. The Bertz CT molecular complexity index is 943. The minimum absolute atomic E-state index is 0.0394. The molecule has 150 valence electrons. The molecule has 0 aromatic heterocycles. The van der Waals surface area contributed by atoms with Crippen molar-refractivity contribution in [2.45, 2.75) is 31.8 Å². The van der Waals surface area contributed by atoms with Crippen molar-refractivity contribution in [2.75, 3.05) is 6.54 Å². The van der Waals surface area contributed by atoms with Crippen LogP contribution in [-0.4, -0.2) is 46.4 Å². The molecule has 1 saturated carbocycles. The van der Waals surface area contributed by atoms with Crippen molar-refractivity contribution in [1.29, 1.82) is 0 Å². The Balaban J connectivity index is 1.34. The fraction of sp³-hybridized carbons (Fsp3) is 0.318. The van der Waals surface area contributed by atoms with Gasteiger partial charge in [-0.15, -0.1) is 0 Å². The van der Waals surface area contributed by atoms with Crippen molar-refractivity contribution >= 4 is 17.8 Å². The topological polar surface area (TPSA) is 95.9 Å². The first-order valence-electron chi connectivity index (χ1n) is 9.52. The van der Waals surface area contributed by atoms with E-state index in [4.69, 9.17) is 4.74 Å². The Morgan fingerprint density at radius 3 is 2.38 bits per heavy atom. The van der Waals surface area contributed by atoms with Crippen LogP contribution in [0.2, 0.25) is 0 Å². The number of hydrogen-bond donors (Lipinski definition) is 2. The van der Waals surface area contributed by atoms with E-state index in [1.807, 2.05) is 37.3 Å². The lowest BCUT2D eigenvalue weighted by Crippen LogP contribution is -2.47. The van der Waals surface area contributed by atoms with E-state index in [1.165, 1.54) is 4.90 Å². The van der Waals surface area contributed by atoms with Gasteiger partial charge in [0.2, 0.25) is 5.91 Å². The van der Waals surface area contributed by atoms with E-state index in [0.29, 0.717) is 23.5 Å². The predicted octanol–water partition coefficient (Wildman–Crippen LogP) is 2.67. The largest absolute Gasteiger partial charge is 0.480 e. The SMILES string of the molecule is C[C@@]12C[C@@H](C(=O)O)N(C(=O)CNC(=O)c3ccc(Oc4ccccc4)cc3)[C@@H]1C2. The van der Waals surface area contributed by atoms with Gasteiger partial charge >= 0.3 is 5.97 Å². The number of fused-ring (bicyclic) bond motifs is 1. The van der Waals surface area contributed by atoms with Crippen LogP contribution in [0.1, 0.15) is 30.1 Å². The number of aliphatic carboxylic acids is 1. The maximum Gasteiger partial charge on any atom is 0.326 e. The van der Waals surface area contributed by atoms with Crippen LogP contribution in [0.15, 0.2) is 54.6 Å². The maximum atomic E-state index is 12.6. The number of para-hydroxylation sites is 1. The second kappa shape index (κ2) is 7.24. The number of carboxylic acid groups (broad SMARTS) is 1. The van der Waals surface area contributed by atoms with E-state index < -0.39 is 17.9 Å². The van der Waals surface area contributed by atoms with Crippen molar-refractivity contribution in [3.8, 4) is 11.5 Å². The number of ether oxygens (including phenoxy) is 1. The highest BCUT2D eigenvalue weighted by Crippen LogP contribution is 2.59. The molecule has 7 heteroatoms. The zero-order chi connectivity index (χ0) is 20.6. The number of nitrogens with zero attached hydrogens (tertiary/aromatic N) is 1. The van der Waals surface area contributed by atoms with Gasteiger partial charge in [0, 0.05) is 11.6 Å². The molecule has 2 amide bonds. The van der Waals surface area contributed by atoms with E-state index in [2.05, 4.69) is 5.32 Å². The Morgan fingerprint density at radius 2 is 1.72 bits per heavy atom. The lowest BCUT2D eigenvalue weighted by Gasteiger charge is -2.24. The van der Waals surface area contributed by atoms with Gasteiger partial charge < -0.3 is 20.1 Å². The third-order valence-corrected chi connectivity index (χ3v) is 5.70. The van der Waals surface area contributed by atoms with Crippen molar-refractivity contribution in [2.24, 2.45) is 5.41 Å². The van der Waals surface area contributed by atoms with Gasteiger partial charge in [-0.25, -0.2) is 4.79 Å². The molecule has 1 saturated heterocycles. The summed E-state index contributed by atoms with van der Waals surface area (Å²) >= 11 is 0. The van der Waals surface area contributed by atoms with E-state index in [9.17, 15) is 19.5 Å². The predicted molar refractivity (Wildman–Crippen MR) is 105 cm³/mol. The quantitative estimate of drug-likeness (QED) is 0.785. The normalized spacial score (nSPS) is 24.5. The molecular formula is C22H22N2O5. The van der Waals surface area contributed by atoms with Gasteiger partial charge in [-0.05, 0) is 54.7 Å². The minimum Gasteiger partial charge on any atom is -0.480 e. The van der Waals surface area contributed by atoms with Crippen molar-refractivity contribution in [1.82, 2.24) is 10.2 Å². The fourth-order valence-corrected chi connectivity index (χ4v) is 4.00. The van der Waals surface area contributed by atoms with Gasteiger partial charge in [-0.3, -0.25) is 9.59 Å². The monoisotopic (exact) mass is 394 g/mol. The summed E-state index contributed by atoms with van der Waals surface area (Å²) in [4.78, 5) is 37.8. The Hall–Kier alpha value is -3.35. The molecule has 2 aromatic carbocycles. The summed E-state index contributed by atoms with van der Waals surface area (Å²) in [6.45, 7) is 1.77. The number of amides is 2. The molecule has 2 N–H and O–H groups in total. The molecule has 4 rings (SSSR count). The van der Waals surface area contributed by atoms with E-state index in [-0.39, 0.29) is 23.9 Å². The van der Waals surface area contributed by atoms with Crippen LogP contribution < -0.4 is 10.1 Å². The summed E-state index contributed by atoms with van der Waals surface area (Å²) in [5.41, 5.74) is 0.294. The van der Waals surface area contributed by atoms with Crippen molar-refractivity contribution in [3.05, 3.63) is 60.2 Å². The molecule has 2 aromatic rings. The van der Waals surface area contributed by atoms with Crippen molar-refractivity contribution < 1.29 is 24.2 Å². The number of benzene rings is 2. The molecular weight excluding hydrogens is 372 g/mol. The summed E-state index contributed by atoms with van der Waals surface area (Å²) in [5.74, 6) is -0.457. The molecule has 3 atom stereocenters. The Morgan fingerprint density at radius 1 is 1.07 bits per heavy atom. The Labute approximate surface area is 168 Å². The minimum atomic E-state index is -0.993. The highest BCUT2D eigenvalue weighted by molar-refractivity contribution is 5.97. The standard InChI is InChI=1S/C22H22N2O5/c1-22-11-17(21(27)28)24(18(22)12-22)19(25)13-23-20(26)14-7-9-16(10-8-14)29-15-5-3-2-4-6-15/h2-10,17-18H,11-13H2,1H3,(H,23,26)(H,27,28)/t17-,18+,22-/m0/s1. The van der Waals surface area contributed by atoms with Crippen LogP contribution in [0.3, 0.4) is 0 Å². The van der Waals surface area contributed by atoms with E-state index in [1.54, 1.807) is 24.3 Å². The molecule has 1 aliphatic carbocycles. The summed E-state index contributed by atoms with van der Waals surface area (Å²) in [5, 5.41) is 12.0. The lowest BCUT2D eigenvalue weighted by molar-refractivity contribution is -0.149. The van der Waals surface area contributed by atoms with E-state index >= 15 is 0 Å². The molecule has 0 spiro atoms. The van der Waals surface area contributed by atoms with Crippen molar-refractivity contribution in [3.63, 3.8) is 0 Å². The molecule has 0 radical (unpaired) electrons. The average Bonchev–Trinajstić information content (AvgIpc) is 3.27. The molecule has 0 unspecified atom stereocenters. The van der Waals surface area contributed by atoms with Gasteiger partial charge in [0.25, 0.3) is 5.91 Å². The summed E-state index contributed by atoms with van der Waals surface area (Å²) in [7, 11) is 0. The highest BCUT2D eigenvalue weighted by atomic mass is 16.5. The Kier molecular flexibility index (Phi) is 4.74. The number of likely N-dealkylation sites (tertiary alicyclic amines) is 1. The molecule has 7 nitrogen and oxygen atoms in total. The smallest absolute Gasteiger partial charge is 0.326 e. The number of carbonyl (C=O) groups is 3. The summed E-state index contributed by atoms with van der Waals surface area (Å²) < 4.78 is 5.69. The second-order valence-corrected chi connectivity index (χ2v) is 7.86. The van der Waals surface area contributed by atoms with Gasteiger partial charge in [0.1, 0.15) is 17.5 Å². The van der Waals surface area contributed by atoms with E-state index in [0.717, 1.165) is 6.42 Å². The molecule has 1 aliphatic heterocycles. The summed E-state index contributed by atoms with van der Waals surface area (Å²) in [6, 6.07) is 15.0.